The molecule has 0 aromatic heterocycles. The van der Waals surface area contributed by atoms with Crippen LogP contribution in [0.25, 0.3) is 0 Å². The summed E-state index contributed by atoms with van der Waals surface area (Å²) in [5.74, 6) is -0.658. The monoisotopic (exact) mass is 282 g/mol. The van der Waals surface area contributed by atoms with Gasteiger partial charge in [-0.3, -0.25) is 14.4 Å². The van der Waals surface area contributed by atoms with E-state index >= 15 is 0 Å². The maximum Gasteiger partial charge on any atom is 0.309 e. The third kappa shape index (κ3) is 3.11. The number of rotatable bonds is 3. The summed E-state index contributed by atoms with van der Waals surface area (Å²) in [5.41, 5.74) is -1.03. The van der Waals surface area contributed by atoms with Crippen LogP contribution < -0.4 is 5.32 Å². The van der Waals surface area contributed by atoms with Crippen molar-refractivity contribution in [2.75, 3.05) is 13.1 Å². The number of aliphatic carboxylic acids is 1. The van der Waals surface area contributed by atoms with Gasteiger partial charge in [-0.15, -0.1) is 0 Å². The lowest BCUT2D eigenvalue weighted by atomic mass is 9.84. The maximum absolute atomic E-state index is 12.2. The molecule has 0 aromatic rings. The first kappa shape index (κ1) is 14.8. The Morgan fingerprint density at radius 2 is 2.10 bits per heavy atom. The van der Waals surface area contributed by atoms with E-state index < -0.39 is 11.4 Å². The van der Waals surface area contributed by atoms with Gasteiger partial charge in [-0.2, -0.15) is 0 Å². The number of fused-ring (bicyclic) bond motifs is 1. The first-order chi connectivity index (χ1) is 9.29. The number of nitrogens with one attached hydrogen (secondary N) is 1. The second-order valence-electron chi connectivity index (χ2n) is 6.47. The summed E-state index contributed by atoms with van der Waals surface area (Å²) in [7, 11) is 0. The Kier molecular flexibility index (Phi) is 4.01. The van der Waals surface area contributed by atoms with Gasteiger partial charge in [-0.1, -0.05) is 0 Å². The zero-order chi connectivity index (χ0) is 14.9. The van der Waals surface area contributed by atoms with E-state index in [1.165, 1.54) is 0 Å². The topological polar surface area (TPSA) is 86.7 Å². The van der Waals surface area contributed by atoms with Gasteiger partial charge in [0.1, 0.15) is 0 Å². The summed E-state index contributed by atoms with van der Waals surface area (Å²) in [6.07, 6.45) is 2.11. The molecule has 2 unspecified atom stereocenters. The van der Waals surface area contributed by atoms with E-state index in [9.17, 15) is 14.4 Å². The highest BCUT2D eigenvalue weighted by Gasteiger charge is 2.37. The van der Waals surface area contributed by atoms with Crippen LogP contribution in [0.5, 0.6) is 0 Å². The van der Waals surface area contributed by atoms with Gasteiger partial charge in [0.2, 0.25) is 11.8 Å². The number of likely N-dealkylation sites (tertiary alicyclic amines) is 1. The minimum atomic E-state index is -1.03. The van der Waals surface area contributed by atoms with Crippen LogP contribution in [-0.2, 0) is 14.4 Å². The van der Waals surface area contributed by atoms with Crippen molar-refractivity contribution in [1.29, 1.82) is 0 Å². The fourth-order valence-corrected chi connectivity index (χ4v) is 2.90. The summed E-state index contributed by atoms with van der Waals surface area (Å²) >= 11 is 0. The Labute approximate surface area is 118 Å². The van der Waals surface area contributed by atoms with E-state index in [1.54, 1.807) is 18.7 Å². The van der Waals surface area contributed by atoms with Crippen LogP contribution in [0, 0.1) is 11.3 Å². The van der Waals surface area contributed by atoms with Crippen LogP contribution in [0.3, 0.4) is 0 Å². The molecular formula is C14H22N2O4. The number of carbonyl (C=O) groups excluding carboxylic acids is 2. The first-order valence-electron chi connectivity index (χ1n) is 7.10. The van der Waals surface area contributed by atoms with E-state index in [0.717, 1.165) is 12.8 Å². The molecule has 2 aliphatic heterocycles. The number of carboxylic acid groups (broad SMARTS) is 1. The molecule has 0 aromatic carbocycles. The summed E-state index contributed by atoms with van der Waals surface area (Å²) in [5, 5.41) is 12.1. The lowest BCUT2D eigenvalue weighted by Crippen LogP contribution is -2.55. The molecular weight excluding hydrogens is 260 g/mol. The van der Waals surface area contributed by atoms with Gasteiger partial charge in [0, 0.05) is 32.0 Å². The largest absolute Gasteiger partial charge is 0.481 e. The van der Waals surface area contributed by atoms with Crippen molar-refractivity contribution in [2.24, 2.45) is 11.3 Å². The summed E-state index contributed by atoms with van der Waals surface area (Å²) in [6.45, 7) is 4.36. The summed E-state index contributed by atoms with van der Waals surface area (Å²) in [4.78, 5) is 36.4. The average molecular weight is 282 g/mol. The minimum Gasteiger partial charge on any atom is -0.481 e. The first-order valence-corrected chi connectivity index (χ1v) is 7.10. The maximum atomic E-state index is 12.2. The van der Waals surface area contributed by atoms with Crippen molar-refractivity contribution in [3.63, 3.8) is 0 Å². The van der Waals surface area contributed by atoms with Crippen molar-refractivity contribution in [3.05, 3.63) is 0 Å². The molecule has 0 radical (unpaired) electrons. The standard InChI is InChI=1S/C14H22N2O4/c1-14(2,13(19)20)7-12(18)16-6-5-10-9(8-16)3-4-11(17)15-10/h9-10H,3-8H2,1-2H3,(H,15,17)(H,19,20). The van der Waals surface area contributed by atoms with Crippen molar-refractivity contribution in [2.45, 2.75) is 45.6 Å². The van der Waals surface area contributed by atoms with Crippen molar-refractivity contribution in [1.82, 2.24) is 10.2 Å². The van der Waals surface area contributed by atoms with E-state index in [4.69, 9.17) is 5.11 Å². The van der Waals surface area contributed by atoms with Crippen LogP contribution >= 0.6 is 0 Å². The molecule has 2 rings (SSSR count). The van der Waals surface area contributed by atoms with E-state index in [-0.39, 0.29) is 24.3 Å². The fraction of sp³-hybridized carbons (Fsp3) is 0.786. The van der Waals surface area contributed by atoms with Gasteiger partial charge in [0.15, 0.2) is 0 Å². The molecule has 0 bridgehead atoms. The molecule has 20 heavy (non-hydrogen) atoms. The van der Waals surface area contributed by atoms with Gasteiger partial charge in [-0.05, 0) is 32.6 Å². The highest BCUT2D eigenvalue weighted by atomic mass is 16.4. The molecule has 0 spiro atoms. The van der Waals surface area contributed by atoms with Crippen molar-refractivity contribution in [3.8, 4) is 0 Å². The Morgan fingerprint density at radius 3 is 2.75 bits per heavy atom. The van der Waals surface area contributed by atoms with Gasteiger partial charge >= 0.3 is 5.97 Å². The normalized spacial score (nSPS) is 26.7. The number of amides is 2. The number of piperidine rings is 2. The molecule has 2 aliphatic rings. The van der Waals surface area contributed by atoms with E-state index in [0.29, 0.717) is 25.4 Å². The molecule has 2 atom stereocenters. The van der Waals surface area contributed by atoms with Gasteiger partial charge < -0.3 is 15.3 Å². The highest BCUT2D eigenvalue weighted by Crippen LogP contribution is 2.28. The molecule has 6 heteroatoms. The van der Waals surface area contributed by atoms with Gasteiger partial charge in [-0.25, -0.2) is 0 Å². The Hall–Kier alpha value is -1.59. The third-order valence-electron chi connectivity index (χ3n) is 4.35. The van der Waals surface area contributed by atoms with E-state index in [2.05, 4.69) is 5.32 Å². The lowest BCUT2D eigenvalue weighted by Gasteiger charge is -2.42. The zero-order valence-corrected chi connectivity index (χ0v) is 12.0. The number of carboxylic acids is 1. The second kappa shape index (κ2) is 5.42. The number of nitrogens with zero attached hydrogens (tertiary/aromatic N) is 1. The van der Waals surface area contributed by atoms with E-state index in [1.807, 2.05) is 0 Å². The Balaban J connectivity index is 1.93. The predicted octanol–water partition coefficient (Wildman–Crippen LogP) is 0.614. The minimum absolute atomic E-state index is 0.0199. The molecule has 2 heterocycles. The molecule has 2 fully saturated rings. The number of hydrogen-bond donors (Lipinski definition) is 2. The molecule has 0 saturated carbocycles. The van der Waals surface area contributed by atoms with Crippen LogP contribution in [0.4, 0.5) is 0 Å². The van der Waals surface area contributed by atoms with Crippen LogP contribution in [-0.4, -0.2) is 46.9 Å². The van der Waals surface area contributed by atoms with Crippen molar-refractivity contribution < 1.29 is 19.5 Å². The molecule has 2 amide bonds. The smallest absolute Gasteiger partial charge is 0.309 e. The lowest BCUT2D eigenvalue weighted by molar-refractivity contribution is -0.152. The fourth-order valence-electron chi connectivity index (χ4n) is 2.90. The van der Waals surface area contributed by atoms with Crippen molar-refractivity contribution >= 4 is 17.8 Å². The molecule has 6 nitrogen and oxygen atoms in total. The molecule has 2 saturated heterocycles. The predicted molar refractivity (Wildman–Crippen MR) is 71.9 cm³/mol. The van der Waals surface area contributed by atoms with Crippen LogP contribution in [0.15, 0.2) is 0 Å². The van der Waals surface area contributed by atoms with Crippen LogP contribution in [0.1, 0.15) is 39.5 Å². The zero-order valence-electron chi connectivity index (χ0n) is 12.0. The average Bonchev–Trinajstić information content (AvgIpc) is 2.37. The molecule has 0 aliphatic carbocycles. The number of hydrogen-bond acceptors (Lipinski definition) is 3. The number of carbonyl (C=O) groups is 3. The summed E-state index contributed by atoms with van der Waals surface area (Å²) < 4.78 is 0. The third-order valence-corrected chi connectivity index (χ3v) is 4.35. The molecule has 112 valence electrons. The Bertz CT molecular complexity index is 433. The summed E-state index contributed by atoms with van der Waals surface area (Å²) in [6, 6.07) is 0.174. The molecule has 2 N–H and O–H groups in total. The van der Waals surface area contributed by atoms with Crippen LogP contribution in [0.2, 0.25) is 0 Å². The Morgan fingerprint density at radius 1 is 1.40 bits per heavy atom. The quantitative estimate of drug-likeness (QED) is 0.794. The second-order valence-corrected chi connectivity index (χ2v) is 6.47. The van der Waals surface area contributed by atoms with Gasteiger partial charge in [0.05, 0.1) is 5.41 Å². The highest BCUT2D eigenvalue weighted by molar-refractivity contribution is 5.84. The SMILES string of the molecule is CC(C)(CC(=O)N1CCC2NC(=O)CCC2C1)C(=O)O. The van der Waals surface area contributed by atoms with Gasteiger partial charge in [0.25, 0.3) is 0 Å².